The number of amides is 1. The third kappa shape index (κ3) is 3.51. The summed E-state index contributed by atoms with van der Waals surface area (Å²) >= 11 is 0. The third-order valence-corrected chi connectivity index (χ3v) is 3.87. The van der Waals surface area contributed by atoms with E-state index in [2.05, 4.69) is 13.0 Å². The molecular weight excluding hydrogens is 252 g/mol. The third-order valence-electron chi connectivity index (χ3n) is 3.87. The molecule has 1 amide bonds. The maximum atomic E-state index is 12.1. The number of aryl methyl sites for hydroxylation is 2. The van der Waals surface area contributed by atoms with Crippen LogP contribution in [0, 0.1) is 13.8 Å². The number of carbonyl (C=O) groups is 1. The molecule has 1 fully saturated rings. The van der Waals surface area contributed by atoms with Crippen LogP contribution in [0.5, 0.6) is 5.75 Å². The zero-order chi connectivity index (χ0) is 14.5. The molecular formula is C16H24N2O2. The van der Waals surface area contributed by atoms with E-state index in [1.165, 1.54) is 5.56 Å². The molecule has 1 heterocycles. The zero-order valence-electron chi connectivity index (χ0n) is 12.4. The quantitative estimate of drug-likeness (QED) is 0.895. The summed E-state index contributed by atoms with van der Waals surface area (Å²) in [5.41, 5.74) is 8.02. The largest absolute Gasteiger partial charge is 0.493 e. The van der Waals surface area contributed by atoms with Crippen LogP contribution in [0.3, 0.4) is 0 Å². The normalized spacial score (nSPS) is 18.4. The number of likely N-dealkylation sites (tertiary alicyclic amines) is 1. The molecule has 0 radical (unpaired) electrons. The molecule has 0 bridgehead atoms. The van der Waals surface area contributed by atoms with Gasteiger partial charge in [0, 0.05) is 19.1 Å². The van der Waals surface area contributed by atoms with Crippen molar-refractivity contribution in [1.82, 2.24) is 4.90 Å². The predicted octanol–water partition coefficient (Wildman–Crippen LogP) is 2.02. The number of hydrogen-bond acceptors (Lipinski definition) is 3. The fourth-order valence-electron chi connectivity index (χ4n) is 2.76. The average Bonchev–Trinajstić information content (AvgIpc) is 2.89. The van der Waals surface area contributed by atoms with Gasteiger partial charge in [-0.3, -0.25) is 4.79 Å². The SMILES string of the molecule is Cc1ccc(OCCC(=O)N2CCC[C@H]2CN)c(C)c1. The minimum absolute atomic E-state index is 0.155. The first-order valence-corrected chi connectivity index (χ1v) is 7.31. The van der Waals surface area contributed by atoms with Gasteiger partial charge in [0.2, 0.25) is 5.91 Å². The van der Waals surface area contributed by atoms with Gasteiger partial charge in [-0.25, -0.2) is 0 Å². The van der Waals surface area contributed by atoms with Crippen LogP contribution in [-0.4, -0.2) is 36.5 Å². The van der Waals surface area contributed by atoms with Gasteiger partial charge < -0.3 is 15.4 Å². The predicted molar refractivity (Wildman–Crippen MR) is 79.8 cm³/mol. The van der Waals surface area contributed by atoms with Crippen molar-refractivity contribution in [3.05, 3.63) is 29.3 Å². The molecule has 110 valence electrons. The molecule has 2 N–H and O–H groups in total. The van der Waals surface area contributed by atoms with Gasteiger partial charge >= 0.3 is 0 Å². The Balaban J connectivity index is 1.82. The summed E-state index contributed by atoms with van der Waals surface area (Å²) in [4.78, 5) is 14.0. The van der Waals surface area contributed by atoms with Crippen LogP contribution in [0.15, 0.2) is 18.2 Å². The molecule has 1 atom stereocenters. The Morgan fingerprint density at radius 1 is 1.45 bits per heavy atom. The number of carbonyl (C=O) groups excluding carboxylic acids is 1. The van der Waals surface area contributed by atoms with Gasteiger partial charge in [0.1, 0.15) is 5.75 Å². The summed E-state index contributed by atoms with van der Waals surface area (Å²) < 4.78 is 5.71. The Kier molecular flexibility index (Phi) is 5.01. The van der Waals surface area contributed by atoms with E-state index in [0.29, 0.717) is 19.6 Å². The summed E-state index contributed by atoms with van der Waals surface area (Å²) in [5.74, 6) is 1.02. The molecule has 0 unspecified atom stereocenters. The van der Waals surface area contributed by atoms with Gasteiger partial charge in [-0.1, -0.05) is 17.7 Å². The average molecular weight is 276 g/mol. The number of nitrogens with two attached hydrogens (primary N) is 1. The summed E-state index contributed by atoms with van der Waals surface area (Å²) in [6, 6.07) is 6.30. The molecule has 1 aromatic rings. The van der Waals surface area contributed by atoms with Gasteiger partial charge in [-0.05, 0) is 38.3 Å². The van der Waals surface area contributed by atoms with E-state index in [1.54, 1.807) is 0 Å². The molecule has 1 aliphatic heterocycles. The summed E-state index contributed by atoms with van der Waals surface area (Å²) in [6.45, 7) is 5.90. The lowest BCUT2D eigenvalue weighted by atomic mass is 10.1. The Morgan fingerprint density at radius 3 is 2.95 bits per heavy atom. The van der Waals surface area contributed by atoms with Crippen molar-refractivity contribution < 1.29 is 9.53 Å². The molecule has 1 saturated heterocycles. The highest BCUT2D eigenvalue weighted by Crippen LogP contribution is 2.20. The van der Waals surface area contributed by atoms with Crippen molar-refractivity contribution in [3.8, 4) is 5.75 Å². The zero-order valence-corrected chi connectivity index (χ0v) is 12.4. The molecule has 4 heteroatoms. The highest BCUT2D eigenvalue weighted by atomic mass is 16.5. The van der Waals surface area contributed by atoms with Crippen LogP contribution in [-0.2, 0) is 4.79 Å². The van der Waals surface area contributed by atoms with Crippen LogP contribution in [0.2, 0.25) is 0 Å². The minimum atomic E-state index is 0.155. The highest BCUT2D eigenvalue weighted by Gasteiger charge is 2.26. The highest BCUT2D eigenvalue weighted by molar-refractivity contribution is 5.77. The van der Waals surface area contributed by atoms with Gasteiger partial charge in [-0.2, -0.15) is 0 Å². The first-order chi connectivity index (χ1) is 9.61. The Bertz CT molecular complexity index is 474. The van der Waals surface area contributed by atoms with E-state index < -0.39 is 0 Å². The second kappa shape index (κ2) is 6.75. The second-order valence-corrected chi connectivity index (χ2v) is 5.49. The van der Waals surface area contributed by atoms with Crippen molar-refractivity contribution in [1.29, 1.82) is 0 Å². The van der Waals surface area contributed by atoms with E-state index in [1.807, 2.05) is 24.0 Å². The van der Waals surface area contributed by atoms with Crippen molar-refractivity contribution in [2.45, 2.75) is 39.2 Å². The van der Waals surface area contributed by atoms with E-state index >= 15 is 0 Å². The summed E-state index contributed by atoms with van der Waals surface area (Å²) in [5, 5.41) is 0. The Hall–Kier alpha value is -1.55. The van der Waals surface area contributed by atoms with Gasteiger partial charge in [0.05, 0.1) is 13.0 Å². The van der Waals surface area contributed by atoms with Crippen LogP contribution in [0.1, 0.15) is 30.4 Å². The molecule has 1 aromatic carbocycles. The van der Waals surface area contributed by atoms with Gasteiger partial charge in [0.25, 0.3) is 0 Å². The minimum Gasteiger partial charge on any atom is -0.493 e. The van der Waals surface area contributed by atoms with E-state index in [4.69, 9.17) is 10.5 Å². The van der Waals surface area contributed by atoms with Crippen molar-refractivity contribution in [2.75, 3.05) is 19.7 Å². The van der Waals surface area contributed by atoms with Crippen molar-refractivity contribution in [3.63, 3.8) is 0 Å². The standard InChI is InChI=1S/C16H24N2O2/c1-12-5-6-15(13(2)10-12)20-9-7-16(19)18-8-3-4-14(18)11-17/h5-6,10,14H,3-4,7-9,11,17H2,1-2H3/t14-/m0/s1. The Labute approximate surface area is 120 Å². The number of hydrogen-bond donors (Lipinski definition) is 1. The topological polar surface area (TPSA) is 55.6 Å². The molecule has 0 spiro atoms. The lowest BCUT2D eigenvalue weighted by Gasteiger charge is -2.23. The molecule has 1 aliphatic rings. The molecule has 0 saturated carbocycles. The Morgan fingerprint density at radius 2 is 2.25 bits per heavy atom. The summed E-state index contributed by atoms with van der Waals surface area (Å²) in [6.07, 6.45) is 2.51. The maximum Gasteiger partial charge on any atom is 0.226 e. The smallest absolute Gasteiger partial charge is 0.226 e. The lowest BCUT2D eigenvalue weighted by molar-refractivity contribution is -0.132. The number of rotatable bonds is 5. The molecule has 2 rings (SSSR count). The fourth-order valence-corrected chi connectivity index (χ4v) is 2.76. The first-order valence-electron chi connectivity index (χ1n) is 7.31. The number of ether oxygens (including phenoxy) is 1. The van der Waals surface area contributed by atoms with E-state index in [0.717, 1.165) is 30.7 Å². The second-order valence-electron chi connectivity index (χ2n) is 5.49. The molecule has 20 heavy (non-hydrogen) atoms. The lowest BCUT2D eigenvalue weighted by Crippen LogP contribution is -2.40. The first kappa shape index (κ1) is 14.9. The monoisotopic (exact) mass is 276 g/mol. The molecule has 4 nitrogen and oxygen atoms in total. The van der Waals surface area contributed by atoms with Crippen LogP contribution in [0.4, 0.5) is 0 Å². The van der Waals surface area contributed by atoms with Crippen molar-refractivity contribution in [2.24, 2.45) is 5.73 Å². The van der Waals surface area contributed by atoms with Crippen LogP contribution < -0.4 is 10.5 Å². The van der Waals surface area contributed by atoms with Crippen LogP contribution >= 0.6 is 0 Å². The van der Waals surface area contributed by atoms with E-state index in [9.17, 15) is 4.79 Å². The van der Waals surface area contributed by atoms with Crippen molar-refractivity contribution >= 4 is 5.91 Å². The summed E-state index contributed by atoms with van der Waals surface area (Å²) in [7, 11) is 0. The molecule has 0 aliphatic carbocycles. The molecule has 0 aromatic heterocycles. The number of benzene rings is 1. The van der Waals surface area contributed by atoms with Gasteiger partial charge in [0.15, 0.2) is 0 Å². The number of nitrogens with zero attached hydrogens (tertiary/aromatic N) is 1. The van der Waals surface area contributed by atoms with Crippen LogP contribution in [0.25, 0.3) is 0 Å². The van der Waals surface area contributed by atoms with E-state index in [-0.39, 0.29) is 11.9 Å². The van der Waals surface area contributed by atoms with Gasteiger partial charge in [-0.15, -0.1) is 0 Å². The fraction of sp³-hybridized carbons (Fsp3) is 0.562. The maximum absolute atomic E-state index is 12.1.